The van der Waals surface area contributed by atoms with Gasteiger partial charge in [0.1, 0.15) is 29.5 Å². The lowest BCUT2D eigenvalue weighted by atomic mass is 10.1. The summed E-state index contributed by atoms with van der Waals surface area (Å²) in [6.45, 7) is 3.39. The number of hydrogen-bond acceptors (Lipinski definition) is 8. The predicted molar refractivity (Wildman–Crippen MR) is 128 cm³/mol. The summed E-state index contributed by atoms with van der Waals surface area (Å²) in [6.07, 6.45) is 7.53. The molecule has 3 N–H and O–H groups in total. The highest BCUT2D eigenvalue weighted by Gasteiger charge is 2.64. The van der Waals surface area contributed by atoms with Crippen molar-refractivity contribution in [3.05, 3.63) is 66.9 Å². The standard InChI is InChI=1S/C25H23N7O2/c1-15-7-17(4-5-21(15)34-18-3-2-6-27-10-18)31-23-19-8-22(28-11-20(19)29-14-30-23)32-12-16-9-25(16,13-32)24(26)33/h2-8,10-11,14,16H,9,12-13H2,1H3,(H2,26,33)(H,29,30,31). The number of aryl methyl sites for hydroxylation is 1. The van der Waals surface area contributed by atoms with Crippen LogP contribution in [0.3, 0.4) is 0 Å². The third kappa shape index (κ3) is 3.45. The highest BCUT2D eigenvalue weighted by atomic mass is 16.5. The van der Waals surface area contributed by atoms with E-state index < -0.39 is 0 Å². The maximum absolute atomic E-state index is 11.9. The molecule has 0 spiro atoms. The number of hydrogen-bond donors (Lipinski definition) is 2. The van der Waals surface area contributed by atoms with Crippen LogP contribution in [0.1, 0.15) is 12.0 Å². The SMILES string of the molecule is Cc1cc(Nc2ncnc3cnc(N4CC5CC5(C(N)=O)C4)cc23)ccc1Oc1cccnc1. The molecule has 1 aromatic carbocycles. The van der Waals surface area contributed by atoms with Gasteiger partial charge in [-0.25, -0.2) is 15.0 Å². The number of nitrogens with zero attached hydrogens (tertiary/aromatic N) is 5. The Hall–Kier alpha value is -4.27. The quantitative estimate of drug-likeness (QED) is 0.455. The van der Waals surface area contributed by atoms with Gasteiger partial charge in [-0.3, -0.25) is 9.78 Å². The van der Waals surface area contributed by atoms with E-state index in [2.05, 4.69) is 30.2 Å². The maximum Gasteiger partial charge on any atom is 0.225 e. The van der Waals surface area contributed by atoms with Crippen LogP contribution in [-0.2, 0) is 4.79 Å². The average molecular weight is 454 g/mol. The molecule has 1 saturated heterocycles. The first-order chi connectivity index (χ1) is 16.5. The Labute approximate surface area is 196 Å². The number of piperidine rings is 1. The third-order valence-electron chi connectivity index (χ3n) is 6.77. The van der Waals surface area contributed by atoms with Gasteiger partial charge in [0, 0.05) is 30.4 Å². The Morgan fingerprint density at radius 1 is 1.21 bits per heavy atom. The number of anilines is 3. The molecule has 1 saturated carbocycles. The molecule has 1 amide bonds. The second-order valence-corrected chi connectivity index (χ2v) is 8.98. The van der Waals surface area contributed by atoms with Crippen LogP contribution in [0, 0.1) is 18.3 Å². The van der Waals surface area contributed by atoms with E-state index in [-0.39, 0.29) is 11.3 Å². The summed E-state index contributed by atoms with van der Waals surface area (Å²) >= 11 is 0. The van der Waals surface area contributed by atoms with Crippen molar-refractivity contribution in [2.75, 3.05) is 23.3 Å². The summed E-state index contributed by atoms with van der Waals surface area (Å²) in [4.78, 5) is 31.5. The Balaban J connectivity index is 1.26. The summed E-state index contributed by atoms with van der Waals surface area (Å²) in [7, 11) is 0. The Morgan fingerprint density at radius 2 is 2.12 bits per heavy atom. The molecule has 2 aliphatic rings. The van der Waals surface area contributed by atoms with Crippen LogP contribution in [0.5, 0.6) is 11.5 Å². The van der Waals surface area contributed by atoms with Crippen molar-refractivity contribution in [1.82, 2.24) is 19.9 Å². The number of rotatable bonds is 6. The van der Waals surface area contributed by atoms with E-state index in [1.165, 1.54) is 6.33 Å². The molecule has 170 valence electrons. The lowest BCUT2D eigenvalue weighted by Gasteiger charge is -2.21. The van der Waals surface area contributed by atoms with Gasteiger partial charge in [0.05, 0.1) is 23.3 Å². The summed E-state index contributed by atoms with van der Waals surface area (Å²) in [6, 6.07) is 11.5. The van der Waals surface area contributed by atoms with E-state index in [9.17, 15) is 4.79 Å². The van der Waals surface area contributed by atoms with Crippen molar-refractivity contribution in [3.8, 4) is 11.5 Å². The largest absolute Gasteiger partial charge is 0.455 e. The second kappa shape index (κ2) is 7.65. The molecule has 6 rings (SSSR count). The van der Waals surface area contributed by atoms with Gasteiger partial charge in [0.2, 0.25) is 5.91 Å². The number of aromatic nitrogens is 4. The molecule has 2 unspecified atom stereocenters. The monoisotopic (exact) mass is 453 g/mol. The zero-order chi connectivity index (χ0) is 23.3. The van der Waals surface area contributed by atoms with E-state index >= 15 is 0 Å². The number of benzene rings is 1. The van der Waals surface area contributed by atoms with Crippen LogP contribution in [0.4, 0.5) is 17.3 Å². The van der Waals surface area contributed by atoms with Gasteiger partial charge >= 0.3 is 0 Å². The summed E-state index contributed by atoms with van der Waals surface area (Å²) in [5.41, 5.74) is 7.86. The zero-order valence-electron chi connectivity index (χ0n) is 18.6. The number of carbonyl (C=O) groups is 1. The minimum Gasteiger partial charge on any atom is -0.455 e. The first-order valence-corrected chi connectivity index (χ1v) is 11.1. The Bertz CT molecular complexity index is 1410. The zero-order valence-corrected chi connectivity index (χ0v) is 18.6. The van der Waals surface area contributed by atoms with E-state index in [0.29, 0.717) is 24.0 Å². The Kier molecular flexibility index (Phi) is 4.58. The van der Waals surface area contributed by atoms with Crippen molar-refractivity contribution in [3.63, 3.8) is 0 Å². The highest BCUT2D eigenvalue weighted by Crippen LogP contribution is 2.58. The van der Waals surface area contributed by atoms with Gasteiger partial charge in [0.25, 0.3) is 0 Å². The summed E-state index contributed by atoms with van der Waals surface area (Å²) in [5.74, 6) is 3.04. The molecule has 2 atom stereocenters. The third-order valence-corrected chi connectivity index (χ3v) is 6.77. The molecular formula is C25H23N7O2. The normalized spacial score (nSPS) is 20.7. The fraction of sp³-hybridized carbons (Fsp3) is 0.240. The number of pyridine rings is 2. The van der Waals surface area contributed by atoms with Gasteiger partial charge in [-0.05, 0) is 61.2 Å². The first kappa shape index (κ1) is 20.3. The molecule has 2 fully saturated rings. The van der Waals surface area contributed by atoms with Crippen molar-refractivity contribution in [2.24, 2.45) is 17.1 Å². The molecule has 4 aromatic rings. The number of fused-ring (bicyclic) bond motifs is 2. The van der Waals surface area contributed by atoms with Gasteiger partial charge in [-0.15, -0.1) is 0 Å². The predicted octanol–water partition coefficient (Wildman–Crippen LogP) is 3.58. The fourth-order valence-corrected chi connectivity index (χ4v) is 4.77. The maximum atomic E-state index is 11.9. The smallest absolute Gasteiger partial charge is 0.225 e. The average Bonchev–Trinajstić information content (AvgIpc) is 3.42. The van der Waals surface area contributed by atoms with Crippen LogP contribution in [0.15, 0.2) is 61.3 Å². The van der Waals surface area contributed by atoms with E-state index in [1.807, 2.05) is 43.3 Å². The molecule has 4 heterocycles. The Morgan fingerprint density at radius 3 is 2.88 bits per heavy atom. The van der Waals surface area contributed by atoms with Crippen molar-refractivity contribution in [1.29, 1.82) is 0 Å². The molecule has 1 aliphatic heterocycles. The van der Waals surface area contributed by atoms with Crippen molar-refractivity contribution < 1.29 is 9.53 Å². The minimum atomic E-state index is -0.387. The number of nitrogens with one attached hydrogen (secondary N) is 1. The number of ether oxygens (including phenoxy) is 1. The number of amides is 1. The van der Waals surface area contributed by atoms with Gasteiger partial charge in [-0.2, -0.15) is 0 Å². The summed E-state index contributed by atoms with van der Waals surface area (Å²) < 4.78 is 5.93. The topological polar surface area (TPSA) is 119 Å². The highest BCUT2D eigenvalue weighted by molar-refractivity contribution is 5.92. The molecular weight excluding hydrogens is 430 g/mol. The van der Waals surface area contributed by atoms with Crippen LogP contribution in [-0.4, -0.2) is 38.9 Å². The van der Waals surface area contributed by atoms with Crippen LogP contribution >= 0.6 is 0 Å². The van der Waals surface area contributed by atoms with Crippen molar-refractivity contribution in [2.45, 2.75) is 13.3 Å². The second-order valence-electron chi connectivity index (χ2n) is 8.98. The fourth-order valence-electron chi connectivity index (χ4n) is 4.77. The lowest BCUT2D eigenvalue weighted by Crippen LogP contribution is -2.33. The molecule has 1 aliphatic carbocycles. The summed E-state index contributed by atoms with van der Waals surface area (Å²) in [5, 5.41) is 4.26. The molecule has 0 radical (unpaired) electrons. The number of primary amides is 1. The van der Waals surface area contributed by atoms with Crippen LogP contribution in [0.25, 0.3) is 10.9 Å². The van der Waals surface area contributed by atoms with Gasteiger partial charge in [0.15, 0.2) is 0 Å². The molecule has 9 heteroatoms. The number of nitrogens with two attached hydrogens (primary N) is 1. The van der Waals surface area contributed by atoms with Crippen LogP contribution < -0.4 is 20.7 Å². The van der Waals surface area contributed by atoms with E-state index in [4.69, 9.17) is 10.5 Å². The number of carbonyl (C=O) groups excluding carboxylic acids is 1. The van der Waals surface area contributed by atoms with Gasteiger partial charge in [-0.1, -0.05) is 0 Å². The van der Waals surface area contributed by atoms with E-state index in [0.717, 1.165) is 46.7 Å². The molecule has 34 heavy (non-hydrogen) atoms. The molecule has 0 bridgehead atoms. The van der Waals surface area contributed by atoms with Crippen LogP contribution in [0.2, 0.25) is 0 Å². The van der Waals surface area contributed by atoms with E-state index in [1.54, 1.807) is 18.6 Å². The van der Waals surface area contributed by atoms with Gasteiger partial charge < -0.3 is 20.7 Å². The first-order valence-electron chi connectivity index (χ1n) is 11.1. The van der Waals surface area contributed by atoms with Crippen molar-refractivity contribution >= 4 is 34.1 Å². The lowest BCUT2D eigenvalue weighted by molar-refractivity contribution is -0.122. The molecule has 3 aromatic heterocycles. The molecule has 9 nitrogen and oxygen atoms in total. The minimum absolute atomic E-state index is 0.210.